The van der Waals surface area contributed by atoms with E-state index >= 15 is 0 Å². The maximum Gasteiger partial charge on any atom is 0.135 e. The Bertz CT molecular complexity index is 733. The highest BCUT2D eigenvalue weighted by Crippen LogP contribution is 2.38. The molecule has 1 aliphatic rings. The van der Waals surface area contributed by atoms with Gasteiger partial charge in [-0.2, -0.15) is 0 Å². The molecule has 0 aliphatic carbocycles. The second kappa shape index (κ2) is 8.25. The molecule has 1 atom stereocenters. The third-order valence-electron chi connectivity index (χ3n) is 3.68. The maximum atomic E-state index is 14.2. The molecule has 126 valence electrons. The number of benzene rings is 2. The van der Waals surface area contributed by atoms with Gasteiger partial charge in [0.1, 0.15) is 11.6 Å². The summed E-state index contributed by atoms with van der Waals surface area (Å²) >= 11 is 3.54. The summed E-state index contributed by atoms with van der Waals surface area (Å²) in [5, 5.41) is 3.07. The summed E-state index contributed by atoms with van der Waals surface area (Å²) in [6.45, 7) is 7.92. The average molecular weight is 392 g/mol. The second-order valence-corrected chi connectivity index (χ2v) is 6.24. The van der Waals surface area contributed by atoms with Crippen molar-refractivity contribution in [3.63, 3.8) is 0 Å². The molecule has 1 unspecified atom stereocenters. The van der Waals surface area contributed by atoms with Crippen molar-refractivity contribution in [2.45, 2.75) is 25.1 Å². The van der Waals surface area contributed by atoms with Crippen LogP contribution in [0.4, 0.5) is 8.78 Å². The average Bonchev–Trinajstić information content (AvgIpc) is 2.60. The molecule has 2 aromatic carbocycles. The topological polar surface area (TPSA) is 12.0 Å². The lowest BCUT2D eigenvalue weighted by Gasteiger charge is -2.28. The first-order valence-corrected chi connectivity index (χ1v) is 8.82. The van der Waals surface area contributed by atoms with Crippen LogP contribution in [0.3, 0.4) is 0 Å². The van der Waals surface area contributed by atoms with Crippen molar-refractivity contribution in [3.05, 3.63) is 83.6 Å². The van der Waals surface area contributed by atoms with Gasteiger partial charge < -0.3 is 5.32 Å². The summed E-state index contributed by atoms with van der Waals surface area (Å²) in [7, 11) is 0. The highest BCUT2D eigenvalue weighted by atomic mass is 79.9. The van der Waals surface area contributed by atoms with Crippen molar-refractivity contribution in [3.8, 4) is 0 Å². The lowest BCUT2D eigenvalue weighted by molar-refractivity contribution is 0.574. The predicted octanol–water partition coefficient (Wildman–Crippen LogP) is 6.13. The zero-order chi connectivity index (χ0) is 17.7. The van der Waals surface area contributed by atoms with E-state index in [4.69, 9.17) is 0 Å². The van der Waals surface area contributed by atoms with Crippen molar-refractivity contribution in [2.75, 3.05) is 0 Å². The van der Waals surface area contributed by atoms with Gasteiger partial charge in [0.05, 0.1) is 16.1 Å². The molecule has 0 spiro atoms. The lowest BCUT2D eigenvalue weighted by Crippen LogP contribution is -2.26. The number of hydrogen-bond acceptors (Lipinski definition) is 1. The van der Waals surface area contributed by atoms with E-state index in [2.05, 4.69) is 27.8 Å². The molecule has 1 aliphatic heterocycles. The Hall–Kier alpha value is -1.94. The van der Waals surface area contributed by atoms with Crippen LogP contribution in [0.5, 0.6) is 0 Å². The molecule has 1 heterocycles. The highest BCUT2D eigenvalue weighted by molar-refractivity contribution is 9.09. The summed E-state index contributed by atoms with van der Waals surface area (Å²) in [5.74, 6) is -1.17. The molecule has 0 saturated heterocycles. The number of hydrogen-bond donors (Lipinski definition) is 1. The molecule has 0 radical (unpaired) electrons. The molecule has 0 bridgehead atoms. The minimum atomic E-state index is -0.586. The summed E-state index contributed by atoms with van der Waals surface area (Å²) in [5.41, 5.74) is 2.89. The van der Waals surface area contributed by atoms with E-state index in [9.17, 15) is 8.78 Å². The quantitative estimate of drug-likeness (QED) is 0.607. The van der Waals surface area contributed by atoms with E-state index in [0.717, 1.165) is 11.1 Å². The highest BCUT2D eigenvalue weighted by Gasteiger charge is 2.26. The molecule has 3 rings (SSSR count). The van der Waals surface area contributed by atoms with Gasteiger partial charge in [-0.3, -0.25) is 0 Å². The molecule has 24 heavy (non-hydrogen) atoms. The van der Waals surface area contributed by atoms with Crippen molar-refractivity contribution in [1.82, 2.24) is 5.32 Å². The van der Waals surface area contributed by atoms with E-state index in [1.54, 1.807) is 0 Å². The van der Waals surface area contributed by atoms with Crippen molar-refractivity contribution >= 4 is 27.2 Å². The fourth-order valence-corrected chi connectivity index (χ4v) is 3.01. The van der Waals surface area contributed by atoms with Gasteiger partial charge in [0, 0.05) is 5.70 Å². The monoisotopic (exact) mass is 391 g/mol. The van der Waals surface area contributed by atoms with Crippen LogP contribution in [0.1, 0.15) is 31.4 Å². The Balaban J connectivity index is 0.00000100. The number of nitrogens with one attached hydrogen (secondary N) is 1. The first-order valence-electron chi connectivity index (χ1n) is 7.90. The molecule has 0 amide bonds. The molecule has 0 aromatic heterocycles. The largest absolute Gasteiger partial charge is 0.358 e. The minimum Gasteiger partial charge on any atom is -0.358 e. The molecule has 0 saturated carbocycles. The van der Waals surface area contributed by atoms with Crippen LogP contribution in [0.15, 0.2) is 60.8 Å². The fraction of sp³-hybridized carbons (Fsp3) is 0.200. The summed E-state index contributed by atoms with van der Waals surface area (Å²) in [6, 6.07) is 13.5. The molecule has 2 aromatic rings. The number of allylic oxidation sites excluding steroid dienone is 2. The standard InChI is InChI=1S/C18H14BrF2N.C2H6/c1-11-14(19)10-13(12-6-3-2-4-7-12)18(22-11)17-15(20)8-5-9-16(17)21;1-2/h2-9,14,22H,1,10H2;1-2H3. The van der Waals surface area contributed by atoms with Crippen LogP contribution >= 0.6 is 15.9 Å². The van der Waals surface area contributed by atoms with Gasteiger partial charge in [0.2, 0.25) is 0 Å². The van der Waals surface area contributed by atoms with Gasteiger partial charge in [0.25, 0.3) is 0 Å². The van der Waals surface area contributed by atoms with Crippen molar-refractivity contribution < 1.29 is 8.78 Å². The Labute approximate surface area is 150 Å². The molecule has 4 heteroatoms. The Kier molecular flexibility index (Phi) is 6.32. The predicted molar refractivity (Wildman–Crippen MR) is 101 cm³/mol. The van der Waals surface area contributed by atoms with E-state index in [0.29, 0.717) is 17.8 Å². The first-order chi connectivity index (χ1) is 11.6. The SMILES string of the molecule is C=C1NC(c2c(F)cccc2F)=C(c2ccccc2)CC1Br.CC. The Morgan fingerprint density at radius 1 is 1.00 bits per heavy atom. The van der Waals surface area contributed by atoms with Crippen molar-refractivity contribution in [1.29, 1.82) is 0 Å². The molecular weight excluding hydrogens is 372 g/mol. The van der Waals surface area contributed by atoms with Crippen LogP contribution in [-0.2, 0) is 0 Å². The summed E-state index contributed by atoms with van der Waals surface area (Å²) in [4.78, 5) is 0.0151. The fourth-order valence-electron chi connectivity index (χ4n) is 2.57. The lowest BCUT2D eigenvalue weighted by atomic mass is 9.91. The smallest absolute Gasteiger partial charge is 0.135 e. The summed E-state index contributed by atoms with van der Waals surface area (Å²) in [6.07, 6.45) is 0.610. The third kappa shape index (κ3) is 3.75. The molecule has 0 fully saturated rings. The third-order valence-corrected chi connectivity index (χ3v) is 4.56. The van der Waals surface area contributed by atoms with Crippen LogP contribution < -0.4 is 5.32 Å². The van der Waals surface area contributed by atoms with E-state index in [1.165, 1.54) is 18.2 Å². The molecule has 1 N–H and O–H groups in total. The van der Waals surface area contributed by atoms with Gasteiger partial charge in [-0.25, -0.2) is 8.78 Å². The van der Waals surface area contributed by atoms with E-state index in [1.807, 2.05) is 44.2 Å². The van der Waals surface area contributed by atoms with Crippen LogP contribution in [0, 0.1) is 11.6 Å². The number of halogens is 3. The van der Waals surface area contributed by atoms with Gasteiger partial charge in [-0.1, -0.05) is 72.8 Å². The van der Waals surface area contributed by atoms with Gasteiger partial charge in [-0.15, -0.1) is 0 Å². The number of alkyl halides is 1. The van der Waals surface area contributed by atoms with Crippen LogP contribution in [0.2, 0.25) is 0 Å². The van der Waals surface area contributed by atoms with Crippen LogP contribution in [-0.4, -0.2) is 4.83 Å². The second-order valence-electron chi connectivity index (χ2n) is 5.14. The molecular formula is C20H20BrF2N. The van der Waals surface area contributed by atoms with Crippen molar-refractivity contribution in [2.24, 2.45) is 0 Å². The van der Waals surface area contributed by atoms with Gasteiger partial charge in [-0.05, 0) is 29.7 Å². The molecule has 1 nitrogen and oxygen atoms in total. The van der Waals surface area contributed by atoms with Crippen LogP contribution in [0.25, 0.3) is 11.3 Å². The first kappa shape index (κ1) is 18.4. The minimum absolute atomic E-state index is 0.0151. The zero-order valence-electron chi connectivity index (χ0n) is 13.7. The van der Waals surface area contributed by atoms with Gasteiger partial charge >= 0.3 is 0 Å². The number of rotatable bonds is 2. The zero-order valence-corrected chi connectivity index (χ0v) is 15.3. The van der Waals surface area contributed by atoms with E-state index in [-0.39, 0.29) is 10.4 Å². The van der Waals surface area contributed by atoms with E-state index < -0.39 is 11.6 Å². The Morgan fingerprint density at radius 2 is 1.58 bits per heavy atom. The normalized spacial score (nSPS) is 17.0. The summed E-state index contributed by atoms with van der Waals surface area (Å²) < 4.78 is 28.4. The maximum absolute atomic E-state index is 14.2. The Morgan fingerprint density at radius 3 is 2.17 bits per heavy atom. The van der Waals surface area contributed by atoms with Gasteiger partial charge in [0.15, 0.2) is 0 Å².